The number of aryl methyl sites for hydroxylation is 1. The second-order valence-electron chi connectivity index (χ2n) is 5.74. The molecule has 1 heterocycles. The number of rotatable bonds is 4. The molecule has 0 amide bonds. The van der Waals surface area contributed by atoms with Gasteiger partial charge in [-0.1, -0.05) is 29.8 Å². The van der Waals surface area contributed by atoms with Gasteiger partial charge in [-0.2, -0.15) is 0 Å². The number of nitrogens with one attached hydrogen (secondary N) is 1. The van der Waals surface area contributed by atoms with Crippen molar-refractivity contribution < 1.29 is 0 Å². The molecule has 1 aliphatic heterocycles. The van der Waals surface area contributed by atoms with Crippen LogP contribution in [-0.4, -0.2) is 38.6 Å². The highest BCUT2D eigenvalue weighted by Gasteiger charge is 2.26. The Morgan fingerprint density at radius 2 is 2.06 bits per heavy atom. The predicted octanol–water partition coefficient (Wildman–Crippen LogP) is 2.64. The lowest BCUT2D eigenvalue weighted by Crippen LogP contribution is -2.37. The monoisotopic (exact) mass is 246 g/mol. The quantitative estimate of drug-likeness (QED) is 0.878. The van der Waals surface area contributed by atoms with Gasteiger partial charge in [0.1, 0.15) is 0 Å². The van der Waals surface area contributed by atoms with Gasteiger partial charge >= 0.3 is 0 Å². The van der Waals surface area contributed by atoms with Crippen molar-refractivity contribution >= 4 is 0 Å². The van der Waals surface area contributed by atoms with Crippen LogP contribution in [0.4, 0.5) is 0 Å². The highest BCUT2D eigenvalue weighted by Crippen LogP contribution is 2.31. The first-order valence-electron chi connectivity index (χ1n) is 7.10. The number of likely N-dealkylation sites (tertiary alicyclic amines) is 1. The zero-order chi connectivity index (χ0) is 13.0. The van der Waals surface area contributed by atoms with Crippen molar-refractivity contribution in [3.63, 3.8) is 0 Å². The number of hydrogen-bond donors (Lipinski definition) is 1. The van der Waals surface area contributed by atoms with Crippen LogP contribution < -0.4 is 5.32 Å². The molecule has 1 aromatic rings. The fourth-order valence-electron chi connectivity index (χ4n) is 3.12. The van der Waals surface area contributed by atoms with Crippen LogP contribution in [0, 0.1) is 12.8 Å². The molecule has 2 atom stereocenters. The molecule has 2 nitrogen and oxygen atoms in total. The second-order valence-corrected chi connectivity index (χ2v) is 5.74. The van der Waals surface area contributed by atoms with Crippen LogP contribution in [0.15, 0.2) is 24.3 Å². The van der Waals surface area contributed by atoms with Crippen LogP contribution in [0.2, 0.25) is 0 Å². The van der Waals surface area contributed by atoms with E-state index in [1.165, 1.54) is 37.1 Å². The number of likely N-dealkylation sites (N-methyl/N-ethyl adjacent to an activating group) is 1. The summed E-state index contributed by atoms with van der Waals surface area (Å²) in [6.45, 7) is 5.74. The summed E-state index contributed by atoms with van der Waals surface area (Å²) in [5.74, 6) is 1.44. The van der Waals surface area contributed by atoms with Gasteiger partial charge in [0.15, 0.2) is 0 Å². The van der Waals surface area contributed by atoms with Gasteiger partial charge < -0.3 is 10.2 Å². The first-order chi connectivity index (χ1) is 8.70. The van der Waals surface area contributed by atoms with Crippen molar-refractivity contribution in [1.82, 2.24) is 10.2 Å². The molecule has 2 rings (SSSR count). The Hall–Kier alpha value is -0.860. The van der Waals surface area contributed by atoms with E-state index in [2.05, 4.69) is 55.5 Å². The molecular formula is C16H26N2. The van der Waals surface area contributed by atoms with Crippen molar-refractivity contribution in [3.8, 4) is 0 Å². The molecule has 100 valence electrons. The maximum Gasteiger partial charge on any atom is 0.00203 e. The average Bonchev–Trinajstić information content (AvgIpc) is 2.37. The lowest BCUT2D eigenvalue weighted by atomic mass is 9.81. The molecule has 0 aliphatic carbocycles. The van der Waals surface area contributed by atoms with Gasteiger partial charge in [0, 0.05) is 19.0 Å². The topological polar surface area (TPSA) is 15.3 Å². The zero-order valence-corrected chi connectivity index (χ0v) is 11.9. The molecule has 1 saturated heterocycles. The van der Waals surface area contributed by atoms with E-state index in [4.69, 9.17) is 0 Å². The third-order valence-electron chi connectivity index (χ3n) is 4.16. The molecule has 1 fully saturated rings. The molecule has 1 N–H and O–H groups in total. The number of hydrogen-bond acceptors (Lipinski definition) is 2. The van der Waals surface area contributed by atoms with E-state index in [-0.39, 0.29) is 0 Å². The third-order valence-corrected chi connectivity index (χ3v) is 4.16. The normalized spacial score (nSPS) is 22.9. The summed E-state index contributed by atoms with van der Waals surface area (Å²) in [5.41, 5.74) is 2.85. The molecule has 1 aromatic carbocycles. The lowest BCUT2D eigenvalue weighted by molar-refractivity contribution is 0.186. The molecule has 1 aliphatic rings. The molecule has 18 heavy (non-hydrogen) atoms. The van der Waals surface area contributed by atoms with E-state index < -0.39 is 0 Å². The molecule has 0 aromatic heterocycles. The maximum atomic E-state index is 3.37. The number of nitrogens with zero attached hydrogens (tertiary/aromatic N) is 1. The molecule has 2 heteroatoms. The van der Waals surface area contributed by atoms with Gasteiger partial charge in [-0.05, 0) is 51.9 Å². The Labute approximate surface area is 111 Å². The first kappa shape index (κ1) is 13.6. The minimum atomic E-state index is 0.651. The third kappa shape index (κ3) is 3.33. The fourth-order valence-corrected chi connectivity index (χ4v) is 3.12. The molecule has 0 spiro atoms. The molecule has 0 saturated carbocycles. The van der Waals surface area contributed by atoms with E-state index in [1.807, 2.05) is 0 Å². The van der Waals surface area contributed by atoms with Crippen LogP contribution >= 0.6 is 0 Å². The fraction of sp³-hybridized carbons (Fsp3) is 0.625. The van der Waals surface area contributed by atoms with Crippen molar-refractivity contribution in [2.75, 3.05) is 33.7 Å². The van der Waals surface area contributed by atoms with Crippen molar-refractivity contribution in [2.24, 2.45) is 5.92 Å². The first-order valence-corrected chi connectivity index (χ1v) is 7.10. The van der Waals surface area contributed by atoms with Crippen LogP contribution in [0.3, 0.4) is 0 Å². The van der Waals surface area contributed by atoms with Crippen LogP contribution in [0.1, 0.15) is 29.9 Å². The number of benzene rings is 1. The molecule has 0 bridgehead atoms. The number of piperidine rings is 1. The Bertz CT molecular complexity index is 358. The summed E-state index contributed by atoms with van der Waals surface area (Å²) in [6, 6.07) is 9.10. The largest absolute Gasteiger partial charge is 0.319 e. The maximum absolute atomic E-state index is 3.37. The standard InChI is InChI=1S/C16H26N2/c1-13-6-8-14(9-7-13)16(11-17-2)15-5-4-10-18(3)12-15/h6-9,15-17H,4-5,10-12H2,1-3H3. The minimum absolute atomic E-state index is 0.651. The van der Waals surface area contributed by atoms with E-state index in [0.717, 1.165) is 12.5 Å². The van der Waals surface area contributed by atoms with Gasteiger partial charge in [-0.25, -0.2) is 0 Å². The van der Waals surface area contributed by atoms with E-state index in [0.29, 0.717) is 5.92 Å². The molecule has 0 radical (unpaired) electrons. The summed E-state index contributed by atoms with van der Waals surface area (Å²) >= 11 is 0. The van der Waals surface area contributed by atoms with Crippen LogP contribution in [0.5, 0.6) is 0 Å². The second kappa shape index (κ2) is 6.35. The smallest absolute Gasteiger partial charge is 0.00203 e. The van der Waals surface area contributed by atoms with Gasteiger partial charge in [0.05, 0.1) is 0 Å². The Morgan fingerprint density at radius 1 is 1.33 bits per heavy atom. The molecular weight excluding hydrogens is 220 g/mol. The van der Waals surface area contributed by atoms with E-state index >= 15 is 0 Å². The minimum Gasteiger partial charge on any atom is -0.319 e. The summed E-state index contributed by atoms with van der Waals surface area (Å²) in [4.78, 5) is 2.48. The summed E-state index contributed by atoms with van der Waals surface area (Å²) in [6.07, 6.45) is 2.71. The van der Waals surface area contributed by atoms with Crippen LogP contribution in [0.25, 0.3) is 0 Å². The average molecular weight is 246 g/mol. The van der Waals surface area contributed by atoms with Gasteiger partial charge in [0.25, 0.3) is 0 Å². The van der Waals surface area contributed by atoms with Gasteiger partial charge in [-0.3, -0.25) is 0 Å². The highest BCUT2D eigenvalue weighted by atomic mass is 15.1. The van der Waals surface area contributed by atoms with Gasteiger partial charge in [0.2, 0.25) is 0 Å². The Kier molecular flexibility index (Phi) is 4.79. The van der Waals surface area contributed by atoms with Crippen molar-refractivity contribution in [1.29, 1.82) is 0 Å². The SMILES string of the molecule is CNCC(c1ccc(C)cc1)C1CCCN(C)C1. The van der Waals surface area contributed by atoms with Crippen molar-refractivity contribution in [2.45, 2.75) is 25.7 Å². The lowest BCUT2D eigenvalue weighted by Gasteiger charge is -2.35. The predicted molar refractivity (Wildman–Crippen MR) is 78.1 cm³/mol. The Morgan fingerprint density at radius 3 is 2.67 bits per heavy atom. The summed E-state index contributed by atoms with van der Waals surface area (Å²) in [5, 5.41) is 3.37. The van der Waals surface area contributed by atoms with E-state index in [1.54, 1.807) is 0 Å². The van der Waals surface area contributed by atoms with Gasteiger partial charge in [-0.15, -0.1) is 0 Å². The van der Waals surface area contributed by atoms with Crippen LogP contribution in [-0.2, 0) is 0 Å². The molecule has 2 unspecified atom stereocenters. The Balaban J connectivity index is 2.13. The summed E-state index contributed by atoms with van der Waals surface area (Å²) in [7, 11) is 4.31. The summed E-state index contributed by atoms with van der Waals surface area (Å²) < 4.78 is 0. The van der Waals surface area contributed by atoms with Crippen molar-refractivity contribution in [3.05, 3.63) is 35.4 Å². The zero-order valence-electron chi connectivity index (χ0n) is 11.9. The van der Waals surface area contributed by atoms with E-state index in [9.17, 15) is 0 Å². The highest BCUT2D eigenvalue weighted by molar-refractivity contribution is 5.25.